The van der Waals surface area contributed by atoms with Crippen molar-refractivity contribution in [1.82, 2.24) is 39.4 Å². The number of pyridine rings is 1. The van der Waals surface area contributed by atoms with Gasteiger partial charge in [-0.05, 0) is 43.1 Å². The van der Waals surface area contributed by atoms with Crippen LogP contribution in [-0.2, 0) is 6.54 Å². The quantitative estimate of drug-likeness (QED) is 0.318. The third-order valence-electron chi connectivity index (χ3n) is 7.62. The number of H-pyrrole nitrogens is 2. The van der Waals surface area contributed by atoms with Crippen LogP contribution in [0.1, 0.15) is 30.1 Å². The monoisotopic (exact) mass is 528 g/mol. The van der Waals surface area contributed by atoms with Crippen LogP contribution in [0.2, 0.25) is 0 Å². The van der Waals surface area contributed by atoms with E-state index in [1.54, 1.807) is 6.07 Å². The molecule has 1 fully saturated rings. The molecule has 0 spiro atoms. The molecule has 5 heterocycles. The van der Waals surface area contributed by atoms with Crippen molar-refractivity contribution in [1.29, 1.82) is 0 Å². The lowest BCUT2D eigenvalue weighted by molar-refractivity contribution is 0.202. The van der Waals surface area contributed by atoms with E-state index in [4.69, 9.17) is 4.98 Å². The number of fused-ring (bicyclic) bond motifs is 1. The average molecular weight is 529 g/mol. The predicted octanol–water partition coefficient (Wildman–Crippen LogP) is 4.92. The van der Waals surface area contributed by atoms with Crippen LogP contribution < -0.4 is 5.56 Å². The van der Waals surface area contributed by atoms with Gasteiger partial charge < -0.3 is 4.98 Å². The number of benzene rings is 2. The highest BCUT2D eigenvalue weighted by Crippen LogP contribution is 2.34. The lowest BCUT2D eigenvalue weighted by Gasteiger charge is -2.31. The van der Waals surface area contributed by atoms with Crippen LogP contribution in [-0.4, -0.2) is 52.5 Å². The molecule has 0 atom stereocenters. The Morgan fingerprint density at radius 1 is 0.875 bits per heavy atom. The van der Waals surface area contributed by atoms with E-state index in [9.17, 15) is 4.79 Å². The second-order valence-electron chi connectivity index (χ2n) is 10.2. The first-order valence-corrected chi connectivity index (χ1v) is 13.5. The molecule has 0 radical (unpaired) electrons. The van der Waals surface area contributed by atoms with Gasteiger partial charge in [0.25, 0.3) is 0 Å². The van der Waals surface area contributed by atoms with Gasteiger partial charge in [0.1, 0.15) is 17.8 Å². The van der Waals surface area contributed by atoms with Crippen LogP contribution in [0.25, 0.3) is 39.5 Å². The molecule has 198 valence electrons. The molecule has 0 unspecified atom stereocenters. The van der Waals surface area contributed by atoms with Gasteiger partial charge in [-0.2, -0.15) is 5.10 Å². The van der Waals surface area contributed by atoms with Crippen molar-refractivity contribution in [3.05, 3.63) is 113 Å². The molecule has 2 N–H and O–H groups in total. The maximum absolute atomic E-state index is 11.6. The van der Waals surface area contributed by atoms with E-state index in [2.05, 4.69) is 66.4 Å². The minimum absolute atomic E-state index is 0.155. The van der Waals surface area contributed by atoms with E-state index in [-0.39, 0.29) is 5.56 Å². The largest absolute Gasteiger partial charge is 0.319 e. The van der Waals surface area contributed by atoms with Gasteiger partial charge in [0, 0.05) is 36.5 Å². The summed E-state index contributed by atoms with van der Waals surface area (Å²) < 4.78 is 1.96. The highest BCUT2D eigenvalue weighted by molar-refractivity contribution is 5.89. The van der Waals surface area contributed by atoms with Gasteiger partial charge in [0.2, 0.25) is 5.56 Å². The van der Waals surface area contributed by atoms with E-state index >= 15 is 0 Å². The van der Waals surface area contributed by atoms with Crippen molar-refractivity contribution in [2.75, 3.05) is 13.1 Å². The fourth-order valence-electron chi connectivity index (χ4n) is 5.53. The average Bonchev–Trinajstić information content (AvgIpc) is 3.69. The number of imidazole rings is 1. The van der Waals surface area contributed by atoms with Gasteiger partial charge in [-0.15, -0.1) is 0 Å². The third kappa shape index (κ3) is 4.71. The Labute approximate surface area is 230 Å². The van der Waals surface area contributed by atoms with Crippen molar-refractivity contribution in [2.45, 2.75) is 25.3 Å². The lowest BCUT2D eigenvalue weighted by atomic mass is 9.95. The van der Waals surface area contributed by atoms with E-state index in [1.165, 1.54) is 11.6 Å². The molecule has 0 aliphatic carbocycles. The normalized spacial score (nSPS) is 14.6. The summed E-state index contributed by atoms with van der Waals surface area (Å²) in [4.78, 5) is 31.0. The predicted molar refractivity (Wildman–Crippen MR) is 154 cm³/mol. The molecular weight excluding hydrogens is 500 g/mol. The summed E-state index contributed by atoms with van der Waals surface area (Å²) >= 11 is 0. The molecule has 7 rings (SSSR count). The van der Waals surface area contributed by atoms with Gasteiger partial charge in [-0.3, -0.25) is 19.2 Å². The zero-order valence-electron chi connectivity index (χ0n) is 21.9. The number of aromatic nitrogens is 7. The smallest absolute Gasteiger partial charge is 0.248 e. The summed E-state index contributed by atoms with van der Waals surface area (Å²) in [5.74, 6) is 1.75. The number of nitrogens with zero attached hydrogens (tertiary/aromatic N) is 6. The molecule has 9 heteroatoms. The Morgan fingerprint density at radius 3 is 2.50 bits per heavy atom. The number of likely N-dealkylation sites (tertiary alicyclic amines) is 1. The van der Waals surface area contributed by atoms with Crippen LogP contribution >= 0.6 is 0 Å². The first-order valence-electron chi connectivity index (χ1n) is 13.5. The van der Waals surface area contributed by atoms with Crippen molar-refractivity contribution < 1.29 is 0 Å². The van der Waals surface area contributed by atoms with Gasteiger partial charge in [-0.1, -0.05) is 60.7 Å². The number of aromatic amines is 2. The fourth-order valence-corrected chi connectivity index (χ4v) is 5.53. The van der Waals surface area contributed by atoms with Crippen LogP contribution in [0.3, 0.4) is 0 Å². The van der Waals surface area contributed by atoms with Gasteiger partial charge in [-0.25, -0.2) is 15.0 Å². The number of hydrogen-bond acceptors (Lipinski definition) is 6. The van der Waals surface area contributed by atoms with Gasteiger partial charge >= 0.3 is 0 Å². The highest BCUT2D eigenvalue weighted by atomic mass is 16.1. The number of rotatable bonds is 6. The van der Waals surface area contributed by atoms with Crippen molar-refractivity contribution in [3.8, 4) is 33.9 Å². The zero-order valence-corrected chi connectivity index (χ0v) is 21.9. The number of piperidine rings is 1. The first kappa shape index (κ1) is 24.2. The van der Waals surface area contributed by atoms with E-state index < -0.39 is 0 Å². The van der Waals surface area contributed by atoms with Crippen molar-refractivity contribution in [3.63, 3.8) is 0 Å². The van der Waals surface area contributed by atoms with E-state index in [0.717, 1.165) is 66.3 Å². The molecule has 6 aromatic rings. The summed E-state index contributed by atoms with van der Waals surface area (Å²) in [5.41, 5.74) is 6.81. The molecule has 9 nitrogen and oxygen atoms in total. The highest BCUT2D eigenvalue weighted by Gasteiger charge is 2.24. The summed E-state index contributed by atoms with van der Waals surface area (Å²) in [6, 6.07) is 24.1. The standard InChI is InChI=1S/C31H28N8O/c40-26-8-4-7-25(34-26)30-35-29(36-37-30)24-13-16-38(17-14-24)19-21-9-11-23(12-10-21)28-27(22-5-2-1-3-6-22)31-32-15-18-39(31)20-33-28/h1-12,15,18,20,24H,13-14,16-17,19H2,(H,34,40)(H,35,36,37). The fraction of sp³-hybridized carbons (Fsp3) is 0.194. The molecule has 1 aliphatic heterocycles. The molecule has 40 heavy (non-hydrogen) atoms. The Kier molecular flexibility index (Phi) is 6.25. The number of nitrogens with one attached hydrogen (secondary N) is 2. The van der Waals surface area contributed by atoms with Crippen LogP contribution in [0.5, 0.6) is 0 Å². The van der Waals surface area contributed by atoms with E-state index in [0.29, 0.717) is 17.4 Å². The summed E-state index contributed by atoms with van der Waals surface area (Å²) in [5, 5.41) is 7.42. The van der Waals surface area contributed by atoms with Crippen molar-refractivity contribution in [2.24, 2.45) is 0 Å². The molecule has 0 saturated carbocycles. The minimum Gasteiger partial charge on any atom is -0.319 e. The summed E-state index contributed by atoms with van der Waals surface area (Å²) in [6.45, 7) is 2.87. The van der Waals surface area contributed by atoms with Gasteiger partial charge in [0.05, 0.1) is 17.0 Å². The van der Waals surface area contributed by atoms with Crippen LogP contribution in [0.4, 0.5) is 0 Å². The van der Waals surface area contributed by atoms with Crippen LogP contribution in [0.15, 0.2) is 96.3 Å². The maximum Gasteiger partial charge on any atom is 0.248 e. The maximum atomic E-state index is 11.6. The molecular formula is C31H28N8O. The molecule has 1 saturated heterocycles. The topological polar surface area (TPSA) is 108 Å². The Morgan fingerprint density at radius 2 is 1.70 bits per heavy atom. The van der Waals surface area contributed by atoms with Crippen LogP contribution in [0, 0.1) is 0 Å². The molecule has 1 aliphatic rings. The minimum atomic E-state index is -0.155. The molecule has 0 amide bonds. The Bertz CT molecular complexity index is 1810. The van der Waals surface area contributed by atoms with E-state index in [1.807, 2.05) is 47.4 Å². The number of hydrogen-bond donors (Lipinski definition) is 2. The van der Waals surface area contributed by atoms with Crippen molar-refractivity contribution >= 4 is 5.65 Å². The second-order valence-corrected chi connectivity index (χ2v) is 10.2. The summed E-state index contributed by atoms with van der Waals surface area (Å²) in [7, 11) is 0. The van der Waals surface area contributed by atoms with Gasteiger partial charge in [0.15, 0.2) is 5.82 Å². The third-order valence-corrected chi connectivity index (χ3v) is 7.62. The first-order chi connectivity index (χ1) is 19.7. The second kappa shape index (κ2) is 10.3. The lowest BCUT2D eigenvalue weighted by Crippen LogP contribution is -2.32. The zero-order chi connectivity index (χ0) is 26.9. The molecule has 4 aromatic heterocycles. The molecule has 2 aromatic carbocycles. The summed E-state index contributed by atoms with van der Waals surface area (Å²) in [6.07, 6.45) is 7.59. The molecule has 0 bridgehead atoms. The Balaban J connectivity index is 1.04. The SMILES string of the molecule is O=c1cccc(-c2n[nH]c(C3CCN(Cc4ccc(-c5ncn6ccnc6c5-c5ccccc5)cc4)CC3)n2)[nH]1. The Hall–Kier alpha value is -4.89.